The van der Waals surface area contributed by atoms with Gasteiger partial charge in [0.15, 0.2) is 0 Å². The van der Waals surface area contributed by atoms with Gasteiger partial charge in [0.05, 0.1) is 0 Å². The molecule has 1 saturated heterocycles. The molecule has 1 heterocycles. The molecular formula is C27H35N3O5. The smallest absolute Gasteiger partial charge is 0.407 e. The average Bonchev–Trinajstić information content (AvgIpc) is 3.22. The normalized spacial score (nSPS) is 17.7. The van der Waals surface area contributed by atoms with Crippen LogP contribution in [0.15, 0.2) is 54.6 Å². The monoisotopic (exact) mass is 481 g/mol. The van der Waals surface area contributed by atoms with Crippen LogP contribution in [0.5, 0.6) is 0 Å². The van der Waals surface area contributed by atoms with E-state index in [-0.39, 0.29) is 25.0 Å². The summed E-state index contributed by atoms with van der Waals surface area (Å²) in [7, 11) is 0. The van der Waals surface area contributed by atoms with E-state index in [0.717, 1.165) is 16.7 Å². The lowest BCUT2D eigenvalue weighted by atomic mass is 10.1. The second-order valence-corrected chi connectivity index (χ2v) is 9.82. The molecule has 1 fully saturated rings. The number of benzene rings is 2. The molecule has 8 nitrogen and oxygen atoms in total. The molecule has 2 aromatic rings. The summed E-state index contributed by atoms with van der Waals surface area (Å²) in [6, 6.07) is 16.2. The van der Waals surface area contributed by atoms with Crippen LogP contribution in [0.3, 0.4) is 0 Å². The molecule has 3 N–H and O–H groups in total. The Kier molecular flexibility index (Phi) is 8.87. The van der Waals surface area contributed by atoms with Gasteiger partial charge in [0.2, 0.25) is 5.91 Å². The Balaban J connectivity index is 1.47. The summed E-state index contributed by atoms with van der Waals surface area (Å²) in [6.07, 6.45) is 0.743. The third kappa shape index (κ3) is 8.40. The van der Waals surface area contributed by atoms with Crippen LogP contribution < -0.4 is 11.1 Å². The Morgan fingerprint density at radius 1 is 1.00 bits per heavy atom. The van der Waals surface area contributed by atoms with Crippen molar-refractivity contribution in [3.05, 3.63) is 71.3 Å². The number of carbonyl (C=O) groups is 3. The zero-order valence-corrected chi connectivity index (χ0v) is 20.7. The number of nitrogens with two attached hydrogens (primary N) is 1. The maximum Gasteiger partial charge on any atom is 0.407 e. The molecule has 0 aliphatic carbocycles. The maximum absolute atomic E-state index is 12.9. The third-order valence-corrected chi connectivity index (χ3v) is 5.64. The van der Waals surface area contributed by atoms with E-state index in [0.29, 0.717) is 25.9 Å². The lowest BCUT2D eigenvalue weighted by Gasteiger charge is -2.23. The number of amides is 2. The van der Waals surface area contributed by atoms with Crippen molar-refractivity contribution in [2.45, 2.75) is 70.9 Å². The molecular weight excluding hydrogens is 446 g/mol. The van der Waals surface area contributed by atoms with E-state index >= 15 is 0 Å². The molecule has 188 valence electrons. The van der Waals surface area contributed by atoms with Crippen molar-refractivity contribution in [1.29, 1.82) is 0 Å². The van der Waals surface area contributed by atoms with E-state index in [9.17, 15) is 14.4 Å². The summed E-state index contributed by atoms with van der Waals surface area (Å²) < 4.78 is 10.7. The summed E-state index contributed by atoms with van der Waals surface area (Å²) in [5.41, 5.74) is 8.34. The Morgan fingerprint density at radius 3 is 2.31 bits per heavy atom. The number of alkyl carbamates (subject to hydrolysis) is 1. The predicted octanol–water partition coefficient (Wildman–Crippen LogP) is 3.32. The molecule has 1 aliphatic rings. The van der Waals surface area contributed by atoms with Crippen LogP contribution in [-0.4, -0.2) is 47.1 Å². The molecule has 0 spiro atoms. The van der Waals surface area contributed by atoms with Crippen LogP contribution in [0, 0.1) is 0 Å². The van der Waals surface area contributed by atoms with E-state index in [1.54, 1.807) is 4.90 Å². The average molecular weight is 482 g/mol. The second-order valence-electron chi connectivity index (χ2n) is 9.82. The van der Waals surface area contributed by atoms with Crippen LogP contribution in [0.4, 0.5) is 4.79 Å². The maximum atomic E-state index is 12.9. The number of ether oxygens (including phenoxy) is 2. The van der Waals surface area contributed by atoms with Gasteiger partial charge in [-0.05, 0) is 50.3 Å². The number of nitrogens with one attached hydrogen (secondary N) is 1. The van der Waals surface area contributed by atoms with E-state index in [1.165, 1.54) is 0 Å². The van der Waals surface area contributed by atoms with Gasteiger partial charge in [-0.3, -0.25) is 4.79 Å². The van der Waals surface area contributed by atoms with E-state index in [4.69, 9.17) is 15.2 Å². The van der Waals surface area contributed by atoms with Crippen LogP contribution in [0.25, 0.3) is 0 Å². The highest BCUT2D eigenvalue weighted by molar-refractivity contribution is 5.85. The number of hydrogen-bond donors (Lipinski definition) is 2. The fourth-order valence-corrected chi connectivity index (χ4v) is 3.90. The van der Waals surface area contributed by atoms with Gasteiger partial charge < -0.3 is 25.4 Å². The van der Waals surface area contributed by atoms with Crippen molar-refractivity contribution in [2.24, 2.45) is 5.73 Å². The molecule has 2 atom stereocenters. The number of aryl methyl sites for hydroxylation is 1. The molecule has 8 heteroatoms. The van der Waals surface area contributed by atoms with Gasteiger partial charge in [-0.2, -0.15) is 0 Å². The lowest BCUT2D eigenvalue weighted by Crippen LogP contribution is -2.41. The molecule has 0 bridgehead atoms. The minimum atomic E-state index is -0.650. The van der Waals surface area contributed by atoms with Crippen LogP contribution >= 0.6 is 0 Å². The first-order valence-corrected chi connectivity index (χ1v) is 11.9. The Hall–Kier alpha value is -3.39. The van der Waals surface area contributed by atoms with Crippen molar-refractivity contribution >= 4 is 18.0 Å². The molecule has 1 aliphatic heterocycles. The summed E-state index contributed by atoms with van der Waals surface area (Å²) in [4.78, 5) is 38.9. The van der Waals surface area contributed by atoms with Gasteiger partial charge >= 0.3 is 12.1 Å². The number of hydrogen-bond acceptors (Lipinski definition) is 6. The zero-order valence-electron chi connectivity index (χ0n) is 20.7. The first kappa shape index (κ1) is 26.2. The summed E-state index contributed by atoms with van der Waals surface area (Å²) >= 11 is 0. The van der Waals surface area contributed by atoms with Gasteiger partial charge in [0.25, 0.3) is 0 Å². The predicted molar refractivity (Wildman–Crippen MR) is 132 cm³/mol. The molecule has 0 aromatic heterocycles. The molecule has 3 rings (SSSR count). The molecule has 0 radical (unpaired) electrons. The molecule has 2 aromatic carbocycles. The van der Waals surface area contributed by atoms with E-state index in [2.05, 4.69) is 5.32 Å². The standard InChI is InChI=1S/C27H35N3O5/c1-27(2,3)35-26(33)29-16-20-11-9-19(10-12-20)13-14-24(31)30-17-22(28)15-23(30)25(32)34-18-21-7-5-4-6-8-21/h4-12,22-23H,13-18,28H2,1-3H3,(H,29,33)/t22?,23-/m0/s1. The fourth-order valence-electron chi connectivity index (χ4n) is 3.90. The topological polar surface area (TPSA) is 111 Å². The highest BCUT2D eigenvalue weighted by Gasteiger charge is 2.38. The highest BCUT2D eigenvalue weighted by atomic mass is 16.6. The molecule has 0 saturated carbocycles. The number of rotatable bonds is 8. The van der Waals surface area contributed by atoms with Crippen LogP contribution in [-0.2, 0) is 38.6 Å². The second kappa shape index (κ2) is 11.8. The quantitative estimate of drug-likeness (QED) is 0.560. The Morgan fingerprint density at radius 2 is 1.66 bits per heavy atom. The lowest BCUT2D eigenvalue weighted by molar-refractivity contribution is -0.154. The minimum Gasteiger partial charge on any atom is -0.459 e. The van der Waals surface area contributed by atoms with Crippen molar-refractivity contribution in [3.63, 3.8) is 0 Å². The van der Waals surface area contributed by atoms with Crippen LogP contribution in [0.1, 0.15) is 50.3 Å². The number of likely N-dealkylation sites (tertiary alicyclic amines) is 1. The van der Waals surface area contributed by atoms with Gasteiger partial charge in [0.1, 0.15) is 18.2 Å². The van der Waals surface area contributed by atoms with Gasteiger partial charge in [-0.25, -0.2) is 9.59 Å². The Bertz CT molecular complexity index is 1000. The van der Waals surface area contributed by atoms with Gasteiger partial charge in [-0.15, -0.1) is 0 Å². The number of esters is 1. The first-order valence-electron chi connectivity index (χ1n) is 11.9. The summed E-state index contributed by atoms with van der Waals surface area (Å²) in [5, 5.41) is 2.72. The highest BCUT2D eigenvalue weighted by Crippen LogP contribution is 2.21. The first-order chi connectivity index (χ1) is 16.6. The molecule has 1 unspecified atom stereocenters. The van der Waals surface area contributed by atoms with E-state index in [1.807, 2.05) is 75.4 Å². The molecule has 35 heavy (non-hydrogen) atoms. The number of nitrogens with zero attached hydrogens (tertiary/aromatic N) is 1. The largest absolute Gasteiger partial charge is 0.459 e. The number of carbonyl (C=O) groups excluding carboxylic acids is 3. The minimum absolute atomic E-state index is 0.115. The molecule has 2 amide bonds. The SMILES string of the molecule is CC(C)(C)OC(=O)NCc1ccc(CCC(=O)N2CC(N)C[C@H]2C(=O)OCc2ccccc2)cc1. The summed E-state index contributed by atoms with van der Waals surface area (Å²) in [6.45, 7) is 6.31. The van der Waals surface area contributed by atoms with Crippen molar-refractivity contribution in [3.8, 4) is 0 Å². The van der Waals surface area contributed by atoms with Crippen molar-refractivity contribution in [1.82, 2.24) is 10.2 Å². The van der Waals surface area contributed by atoms with Gasteiger partial charge in [0, 0.05) is 25.6 Å². The van der Waals surface area contributed by atoms with Gasteiger partial charge in [-0.1, -0.05) is 54.6 Å². The third-order valence-electron chi connectivity index (χ3n) is 5.64. The zero-order chi connectivity index (χ0) is 25.4. The summed E-state index contributed by atoms with van der Waals surface area (Å²) in [5.74, 6) is -0.535. The van der Waals surface area contributed by atoms with Crippen LogP contribution in [0.2, 0.25) is 0 Å². The Labute approximate surface area is 206 Å². The van der Waals surface area contributed by atoms with Crippen molar-refractivity contribution in [2.75, 3.05) is 6.54 Å². The van der Waals surface area contributed by atoms with Crippen molar-refractivity contribution < 1.29 is 23.9 Å². The fraction of sp³-hybridized carbons (Fsp3) is 0.444. The van der Waals surface area contributed by atoms with E-state index < -0.39 is 23.7 Å².